The van der Waals surface area contributed by atoms with Crippen molar-refractivity contribution < 1.29 is 13.2 Å². The summed E-state index contributed by atoms with van der Waals surface area (Å²) in [6, 6.07) is 8.30. The standard InChI is InChI=1S/C15H14F3N/c1-9-3-4-11(7-14(9)17)10(2)19-12-5-6-13(16)15(18)8-12/h3-8,10,19H,1-2H3. The molecule has 100 valence electrons. The lowest BCUT2D eigenvalue weighted by atomic mass is 10.1. The summed E-state index contributed by atoms with van der Waals surface area (Å²) in [5.41, 5.74) is 1.77. The first-order valence-corrected chi connectivity index (χ1v) is 5.95. The molecule has 0 heterocycles. The Morgan fingerprint density at radius 1 is 0.895 bits per heavy atom. The third kappa shape index (κ3) is 3.08. The minimum Gasteiger partial charge on any atom is -0.378 e. The molecule has 0 amide bonds. The minimum absolute atomic E-state index is 0.208. The molecule has 19 heavy (non-hydrogen) atoms. The van der Waals surface area contributed by atoms with Crippen LogP contribution in [0, 0.1) is 24.4 Å². The molecule has 0 bridgehead atoms. The highest BCUT2D eigenvalue weighted by molar-refractivity contribution is 5.46. The van der Waals surface area contributed by atoms with Crippen LogP contribution in [0.2, 0.25) is 0 Å². The molecule has 2 rings (SSSR count). The maximum atomic E-state index is 13.5. The zero-order chi connectivity index (χ0) is 14.0. The summed E-state index contributed by atoms with van der Waals surface area (Å²) < 4.78 is 39.3. The smallest absolute Gasteiger partial charge is 0.160 e. The quantitative estimate of drug-likeness (QED) is 0.856. The van der Waals surface area contributed by atoms with Gasteiger partial charge in [0.1, 0.15) is 5.82 Å². The topological polar surface area (TPSA) is 12.0 Å². The van der Waals surface area contributed by atoms with Gasteiger partial charge in [-0.2, -0.15) is 0 Å². The van der Waals surface area contributed by atoms with Gasteiger partial charge in [0.15, 0.2) is 11.6 Å². The number of hydrogen-bond donors (Lipinski definition) is 1. The van der Waals surface area contributed by atoms with Crippen molar-refractivity contribution in [3.63, 3.8) is 0 Å². The molecule has 0 radical (unpaired) electrons. The zero-order valence-corrected chi connectivity index (χ0v) is 10.7. The first-order chi connectivity index (χ1) is 8.97. The fraction of sp³-hybridized carbons (Fsp3) is 0.200. The second-order valence-corrected chi connectivity index (χ2v) is 4.50. The van der Waals surface area contributed by atoms with E-state index in [0.717, 1.165) is 17.7 Å². The number of anilines is 1. The van der Waals surface area contributed by atoms with E-state index >= 15 is 0 Å². The molecule has 1 unspecified atom stereocenters. The van der Waals surface area contributed by atoms with Crippen molar-refractivity contribution in [2.45, 2.75) is 19.9 Å². The number of hydrogen-bond acceptors (Lipinski definition) is 1. The third-order valence-corrected chi connectivity index (χ3v) is 3.00. The summed E-state index contributed by atoms with van der Waals surface area (Å²) in [7, 11) is 0. The van der Waals surface area contributed by atoms with Crippen molar-refractivity contribution in [1.29, 1.82) is 0 Å². The van der Waals surface area contributed by atoms with Crippen LogP contribution in [0.1, 0.15) is 24.1 Å². The molecule has 2 aromatic rings. The second kappa shape index (κ2) is 5.34. The van der Waals surface area contributed by atoms with E-state index in [1.807, 2.05) is 6.92 Å². The Balaban J connectivity index is 2.17. The van der Waals surface area contributed by atoms with Gasteiger partial charge in [-0.05, 0) is 43.2 Å². The lowest BCUT2D eigenvalue weighted by molar-refractivity contribution is 0.509. The number of aryl methyl sites for hydroxylation is 1. The molecule has 1 nitrogen and oxygen atoms in total. The van der Waals surface area contributed by atoms with E-state index in [1.165, 1.54) is 12.1 Å². The Morgan fingerprint density at radius 2 is 1.63 bits per heavy atom. The van der Waals surface area contributed by atoms with Crippen LogP contribution in [-0.4, -0.2) is 0 Å². The molecule has 0 spiro atoms. The Bertz CT molecular complexity index is 596. The van der Waals surface area contributed by atoms with Crippen LogP contribution in [0.3, 0.4) is 0 Å². The fourth-order valence-electron chi connectivity index (χ4n) is 1.80. The van der Waals surface area contributed by atoms with E-state index in [2.05, 4.69) is 5.32 Å². The van der Waals surface area contributed by atoms with Crippen LogP contribution >= 0.6 is 0 Å². The van der Waals surface area contributed by atoms with Gasteiger partial charge >= 0.3 is 0 Å². The average molecular weight is 265 g/mol. The van der Waals surface area contributed by atoms with Crippen LogP contribution in [0.5, 0.6) is 0 Å². The van der Waals surface area contributed by atoms with E-state index in [4.69, 9.17) is 0 Å². The predicted molar refractivity (Wildman–Crippen MR) is 69.5 cm³/mol. The van der Waals surface area contributed by atoms with Crippen molar-refractivity contribution in [3.05, 3.63) is 65.0 Å². The maximum absolute atomic E-state index is 13.5. The minimum atomic E-state index is -0.910. The number of benzene rings is 2. The van der Waals surface area contributed by atoms with E-state index in [0.29, 0.717) is 11.3 Å². The Kier molecular flexibility index (Phi) is 3.79. The van der Waals surface area contributed by atoms with Gasteiger partial charge in [0, 0.05) is 17.8 Å². The molecule has 0 aromatic heterocycles. The largest absolute Gasteiger partial charge is 0.378 e. The summed E-state index contributed by atoms with van der Waals surface area (Å²) in [5.74, 6) is -2.08. The van der Waals surface area contributed by atoms with Crippen LogP contribution in [0.15, 0.2) is 36.4 Å². The Morgan fingerprint density at radius 3 is 2.26 bits per heavy atom. The molecule has 0 aliphatic rings. The van der Waals surface area contributed by atoms with Gasteiger partial charge in [-0.15, -0.1) is 0 Å². The number of halogens is 3. The first-order valence-electron chi connectivity index (χ1n) is 5.95. The summed E-state index contributed by atoms with van der Waals surface area (Å²) in [4.78, 5) is 0. The average Bonchev–Trinajstić information content (AvgIpc) is 2.37. The van der Waals surface area contributed by atoms with Gasteiger partial charge in [-0.3, -0.25) is 0 Å². The summed E-state index contributed by atoms with van der Waals surface area (Å²) >= 11 is 0. The van der Waals surface area contributed by atoms with Crippen LogP contribution < -0.4 is 5.32 Å². The Hall–Kier alpha value is -1.97. The molecule has 2 aromatic carbocycles. The van der Waals surface area contributed by atoms with E-state index in [-0.39, 0.29) is 11.9 Å². The first kappa shape index (κ1) is 13.5. The van der Waals surface area contributed by atoms with Gasteiger partial charge in [0.05, 0.1) is 0 Å². The van der Waals surface area contributed by atoms with Crippen LogP contribution in [0.25, 0.3) is 0 Å². The molecule has 0 saturated carbocycles. The molecule has 0 saturated heterocycles. The molecular weight excluding hydrogens is 251 g/mol. The highest BCUT2D eigenvalue weighted by atomic mass is 19.2. The molecule has 0 fully saturated rings. The highest BCUT2D eigenvalue weighted by Gasteiger charge is 2.09. The summed E-state index contributed by atoms with van der Waals surface area (Å²) in [6.07, 6.45) is 0. The normalized spacial score (nSPS) is 12.3. The SMILES string of the molecule is Cc1ccc(C(C)Nc2ccc(F)c(F)c2)cc1F. The lowest BCUT2D eigenvalue weighted by Gasteiger charge is -2.16. The Labute approximate surface area is 110 Å². The lowest BCUT2D eigenvalue weighted by Crippen LogP contribution is -2.07. The van der Waals surface area contributed by atoms with Crippen LogP contribution in [-0.2, 0) is 0 Å². The molecular formula is C15H14F3N. The van der Waals surface area contributed by atoms with Crippen molar-refractivity contribution in [1.82, 2.24) is 0 Å². The molecule has 1 atom stereocenters. The fourth-order valence-corrected chi connectivity index (χ4v) is 1.80. The van der Waals surface area contributed by atoms with Crippen molar-refractivity contribution in [2.75, 3.05) is 5.32 Å². The van der Waals surface area contributed by atoms with Gasteiger partial charge in [-0.1, -0.05) is 12.1 Å². The van der Waals surface area contributed by atoms with Crippen molar-refractivity contribution in [3.8, 4) is 0 Å². The van der Waals surface area contributed by atoms with E-state index < -0.39 is 11.6 Å². The van der Waals surface area contributed by atoms with E-state index in [9.17, 15) is 13.2 Å². The predicted octanol–water partition coefficient (Wildman–Crippen LogP) is 4.59. The summed E-state index contributed by atoms with van der Waals surface area (Å²) in [6.45, 7) is 3.51. The monoisotopic (exact) mass is 265 g/mol. The molecule has 1 N–H and O–H groups in total. The van der Waals surface area contributed by atoms with Crippen molar-refractivity contribution >= 4 is 5.69 Å². The van der Waals surface area contributed by atoms with Crippen molar-refractivity contribution in [2.24, 2.45) is 0 Å². The third-order valence-electron chi connectivity index (χ3n) is 3.00. The van der Waals surface area contributed by atoms with Crippen LogP contribution in [0.4, 0.5) is 18.9 Å². The second-order valence-electron chi connectivity index (χ2n) is 4.50. The zero-order valence-electron chi connectivity index (χ0n) is 10.7. The van der Waals surface area contributed by atoms with Gasteiger partial charge in [0.2, 0.25) is 0 Å². The summed E-state index contributed by atoms with van der Waals surface area (Å²) in [5, 5.41) is 3.00. The highest BCUT2D eigenvalue weighted by Crippen LogP contribution is 2.22. The van der Waals surface area contributed by atoms with Gasteiger partial charge in [0.25, 0.3) is 0 Å². The number of nitrogens with one attached hydrogen (secondary N) is 1. The molecule has 0 aliphatic carbocycles. The van der Waals surface area contributed by atoms with Gasteiger partial charge in [-0.25, -0.2) is 13.2 Å². The maximum Gasteiger partial charge on any atom is 0.160 e. The van der Waals surface area contributed by atoms with E-state index in [1.54, 1.807) is 19.1 Å². The number of rotatable bonds is 3. The van der Waals surface area contributed by atoms with Gasteiger partial charge < -0.3 is 5.32 Å². The molecule has 4 heteroatoms. The molecule has 0 aliphatic heterocycles.